The first kappa shape index (κ1) is 11.0. The van der Waals surface area contributed by atoms with Gasteiger partial charge in [-0.25, -0.2) is 4.79 Å². The van der Waals surface area contributed by atoms with Crippen molar-refractivity contribution in [3.8, 4) is 0 Å². The Kier molecular flexibility index (Phi) is 3.13. The highest BCUT2D eigenvalue weighted by Gasteiger charge is 2.32. The second kappa shape index (κ2) is 3.98. The van der Waals surface area contributed by atoms with E-state index in [1.165, 1.54) is 4.90 Å². The third-order valence-corrected chi connectivity index (χ3v) is 2.02. The van der Waals surface area contributed by atoms with Crippen molar-refractivity contribution in [3.05, 3.63) is 0 Å². The molecule has 0 bridgehead atoms. The van der Waals surface area contributed by atoms with Crippen LogP contribution in [0.3, 0.4) is 0 Å². The lowest BCUT2D eigenvalue weighted by molar-refractivity contribution is 0.0264. The number of hydrogen-bond donors (Lipinski definition) is 0. The number of amides is 1. The zero-order valence-corrected chi connectivity index (χ0v) is 8.87. The molecule has 0 aromatic carbocycles. The third-order valence-electron chi connectivity index (χ3n) is 2.02. The fourth-order valence-corrected chi connectivity index (χ4v) is 1.43. The minimum Gasteiger partial charge on any atom is -0.444 e. The van der Waals surface area contributed by atoms with Crippen LogP contribution in [0.1, 0.15) is 33.6 Å². The summed E-state index contributed by atoms with van der Waals surface area (Å²) in [5.74, 6) is 0. The van der Waals surface area contributed by atoms with Crippen molar-refractivity contribution < 1.29 is 14.3 Å². The fourth-order valence-electron chi connectivity index (χ4n) is 1.43. The summed E-state index contributed by atoms with van der Waals surface area (Å²) in [5.41, 5.74) is -0.507. The van der Waals surface area contributed by atoms with Crippen molar-refractivity contribution in [3.63, 3.8) is 0 Å². The van der Waals surface area contributed by atoms with E-state index in [2.05, 4.69) is 0 Å². The molecule has 1 heterocycles. The van der Waals surface area contributed by atoms with E-state index in [0.717, 1.165) is 6.42 Å². The Labute approximate surface area is 84.2 Å². The van der Waals surface area contributed by atoms with E-state index in [0.29, 0.717) is 13.0 Å². The van der Waals surface area contributed by atoms with Gasteiger partial charge >= 0.3 is 6.09 Å². The molecule has 0 aromatic rings. The van der Waals surface area contributed by atoms with Crippen LogP contribution in [0.4, 0.5) is 4.79 Å². The summed E-state index contributed by atoms with van der Waals surface area (Å²) in [7, 11) is 0. The number of likely N-dealkylation sites (tertiary alicyclic amines) is 1. The first-order valence-electron chi connectivity index (χ1n) is 4.81. The smallest absolute Gasteiger partial charge is 0.410 e. The molecule has 1 saturated heterocycles. The van der Waals surface area contributed by atoms with Gasteiger partial charge in [-0.05, 0) is 33.6 Å². The molecule has 0 spiro atoms. The van der Waals surface area contributed by atoms with Gasteiger partial charge < -0.3 is 4.74 Å². The van der Waals surface area contributed by atoms with E-state index in [1.54, 1.807) is 20.8 Å². The average Bonchev–Trinajstić information content (AvgIpc) is 2.47. The van der Waals surface area contributed by atoms with Gasteiger partial charge in [-0.15, -0.1) is 0 Å². The highest BCUT2D eigenvalue weighted by molar-refractivity contribution is 5.74. The lowest BCUT2D eigenvalue weighted by Gasteiger charge is -2.26. The largest absolute Gasteiger partial charge is 0.444 e. The van der Waals surface area contributed by atoms with Crippen molar-refractivity contribution in [1.82, 2.24) is 4.90 Å². The topological polar surface area (TPSA) is 46.6 Å². The molecule has 1 rings (SSSR count). The quantitative estimate of drug-likeness (QED) is 0.641. The number of rotatable bonds is 1. The van der Waals surface area contributed by atoms with Crippen LogP contribution in [0.2, 0.25) is 0 Å². The van der Waals surface area contributed by atoms with E-state index in [9.17, 15) is 9.59 Å². The lowest BCUT2D eigenvalue weighted by atomic mass is 10.2. The number of ether oxygens (including phenoxy) is 1. The molecule has 79 valence electrons. The SMILES string of the molecule is CC(C)(C)OC(=O)N1CCC[C@@H]1[C]=O. The van der Waals surface area contributed by atoms with Gasteiger partial charge in [-0.1, -0.05) is 0 Å². The number of carbonyl (C=O) groups excluding carboxylic acids is 2. The van der Waals surface area contributed by atoms with Crippen LogP contribution in [0.15, 0.2) is 0 Å². The van der Waals surface area contributed by atoms with Crippen molar-refractivity contribution in [2.24, 2.45) is 0 Å². The van der Waals surface area contributed by atoms with Gasteiger partial charge in [0.15, 0.2) is 0 Å². The molecule has 1 aliphatic heterocycles. The molecular formula is C10H16NO3. The second-order valence-electron chi connectivity index (χ2n) is 4.45. The fraction of sp³-hybridized carbons (Fsp3) is 0.800. The molecule has 0 aromatic heterocycles. The summed E-state index contributed by atoms with van der Waals surface area (Å²) < 4.78 is 5.16. The molecule has 1 amide bonds. The molecule has 1 fully saturated rings. The molecule has 4 nitrogen and oxygen atoms in total. The van der Waals surface area contributed by atoms with Gasteiger partial charge in [0.05, 0.1) is 0 Å². The molecule has 0 saturated carbocycles. The Balaban J connectivity index is 2.56. The summed E-state index contributed by atoms with van der Waals surface area (Å²) >= 11 is 0. The third kappa shape index (κ3) is 2.72. The van der Waals surface area contributed by atoms with Crippen LogP contribution in [-0.4, -0.2) is 35.5 Å². The minimum absolute atomic E-state index is 0.412. The van der Waals surface area contributed by atoms with E-state index >= 15 is 0 Å². The predicted molar refractivity (Wildman–Crippen MR) is 51.7 cm³/mol. The molecule has 1 aliphatic rings. The summed E-state index contributed by atoms with van der Waals surface area (Å²) in [6.45, 7) is 6.01. The van der Waals surface area contributed by atoms with E-state index in [1.807, 2.05) is 6.29 Å². The van der Waals surface area contributed by atoms with Crippen LogP contribution in [0, 0.1) is 0 Å². The van der Waals surface area contributed by atoms with Crippen LogP contribution in [0.25, 0.3) is 0 Å². The standard InChI is InChI=1S/C10H16NO3/c1-10(2,3)14-9(13)11-6-4-5-8(11)7-12/h8H,4-6H2,1-3H3/t8-/m1/s1. The Morgan fingerprint density at radius 1 is 1.50 bits per heavy atom. The van der Waals surface area contributed by atoms with Crippen molar-refractivity contribution in [1.29, 1.82) is 0 Å². The minimum atomic E-state index is -0.507. The molecule has 0 aliphatic carbocycles. The predicted octanol–water partition coefficient (Wildman–Crippen LogP) is 1.50. The van der Waals surface area contributed by atoms with E-state index in [-0.39, 0.29) is 0 Å². The van der Waals surface area contributed by atoms with E-state index < -0.39 is 17.7 Å². The first-order valence-corrected chi connectivity index (χ1v) is 4.81. The summed E-state index contributed by atoms with van der Waals surface area (Å²) in [4.78, 5) is 23.5. The Hall–Kier alpha value is -1.06. The van der Waals surface area contributed by atoms with Crippen LogP contribution in [-0.2, 0) is 9.53 Å². The molecule has 14 heavy (non-hydrogen) atoms. The Bertz CT molecular complexity index is 232. The van der Waals surface area contributed by atoms with Crippen LogP contribution in [0.5, 0.6) is 0 Å². The Morgan fingerprint density at radius 3 is 2.64 bits per heavy atom. The van der Waals surface area contributed by atoms with Crippen molar-refractivity contribution in [2.45, 2.75) is 45.3 Å². The molecule has 1 radical (unpaired) electrons. The zero-order valence-electron chi connectivity index (χ0n) is 8.87. The monoisotopic (exact) mass is 198 g/mol. The highest BCUT2D eigenvalue weighted by Crippen LogP contribution is 2.19. The first-order chi connectivity index (χ1) is 6.44. The molecular weight excluding hydrogens is 182 g/mol. The number of nitrogens with zero attached hydrogens (tertiary/aromatic N) is 1. The van der Waals surface area contributed by atoms with Gasteiger partial charge in [0.2, 0.25) is 6.29 Å². The highest BCUT2D eigenvalue weighted by atomic mass is 16.6. The van der Waals surface area contributed by atoms with Crippen molar-refractivity contribution in [2.75, 3.05) is 6.54 Å². The average molecular weight is 198 g/mol. The van der Waals surface area contributed by atoms with Gasteiger partial charge in [0, 0.05) is 6.54 Å². The summed E-state index contributed by atoms with van der Waals surface area (Å²) in [6.07, 6.45) is 2.99. The van der Waals surface area contributed by atoms with Gasteiger partial charge in [0.1, 0.15) is 11.6 Å². The normalized spacial score (nSPS) is 22.2. The van der Waals surface area contributed by atoms with Gasteiger partial charge in [0.25, 0.3) is 0 Å². The van der Waals surface area contributed by atoms with Gasteiger partial charge in [-0.3, -0.25) is 9.69 Å². The van der Waals surface area contributed by atoms with Crippen LogP contribution >= 0.6 is 0 Å². The lowest BCUT2D eigenvalue weighted by Crippen LogP contribution is -2.40. The maximum atomic E-state index is 11.6. The molecule has 4 heteroatoms. The zero-order chi connectivity index (χ0) is 10.8. The molecule has 1 atom stereocenters. The second-order valence-corrected chi connectivity index (χ2v) is 4.45. The maximum Gasteiger partial charge on any atom is 0.410 e. The van der Waals surface area contributed by atoms with Gasteiger partial charge in [-0.2, -0.15) is 0 Å². The summed E-state index contributed by atoms with van der Waals surface area (Å²) in [5, 5.41) is 0. The summed E-state index contributed by atoms with van der Waals surface area (Å²) in [6, 6.07) is -0.412. The van der Waals surface area contributed by atoms with E-state index in [4.69, 9.17) is 4.74 Å². The Morgan fingerprint density at radius 2 is 2.14 bits per heavy atom. The molecule has 0 unspecified atom stereocenters. The number of hydrogen-bond acceptors (Lipinski definition) is 3. The van der Waals surface area contributed by atoms with Crippen LogP contribution < -0.4 is 0 Å². The molecule has 0 N–H and O–H groups in total. The maximum absolute atomic E-state index is 11.6. The van der Waals surface area contributed by atoms with Crippen molar-refractivity contribution >= 4 is 12.4 Å². The number of carbonyl (C=O) groups is 1.